The van der Waals surface area contributed by atoms with Gasteiger partial charge in [-0.25, -0.2) is 63.2 Å². The SMILES string of the molecule is CC(=O)c1cnc(Cl)nc1Cl.CC(=O)c1cnc(Cl)nc1NC(C)C.CC(C)N.CCOC(=O)CP(C)(=O)OCC.CSc1ncc(C(C)=O)c(NC(C)C)n1.CSc1ncc2c(C)cc(=O)n(C(C)C)c2n1.Cc1c(Br)c(=O)n(C(C)C)c2nc(Cc3ccc(N4CCOCC4)cc3)ncc12.Cc1c(Br)c(=O)n(C(C)C)c2nc(S(C)(=O)=O)ncc12.Nc1ccc(N2CCOCC2)cc1. The number of thioether (sulfide) groups is 2. The number of rotatable bonds is 22. The van der Waals surface area contributed by atoms with Crippen LogP contribution in [0.5, 0.6) is 0 Å². The van der Waals surface area contributed by atoms with Crippen LogP contribution in [0.25, 0.3) is 33.1 Å². The Kier molecular flexibility index (Phi) is 48.0. The molecule has 1 unspecified atom stereocenters. The molecule has 2 saturated heterocycles. The molecule has 2 aliphatic heterocycles. The van der Waals surface area contributed by atoms with E-state index in [4.69, 9.17) is 65.3 Å². The predicted octanol–water partition coefficient (Wildman–Crippen LogP) is 17.4. The minimum absolute atomic E-state index is 0.00393. The molecule has 9 aromatic heterocycles. The van der Waals surface area contributed by atoms with Gasteiger partial charge >= 0.3 is 5.97 Å². The summed E-state index contributed by atoms with van der Waals surface area (Å²) in [6.45, 7) is 46.0. The van der Waals surface area contributed by atoms with E-state index in [0.29, 0.717) is 95.8 Å². The first-order chi connectivity index (χ1) is 63.4. The number of fused-ring (bicyclic) bond motifs is 3. The second-order valence-electron chi connectivity index (χ2n) is 32.2. The van der Waals surface area contributed by atoms with Crippen molar-refractivity contribution >= 4 is 193 Å². The van der Waals surface area contributed by atoms with E-state index in [1.165, 1.54) is 85.5 Å². The van der Waals surface area contributed by atoms with Gasteiger partial charge in [0.1, 0.15) is 45.7 Å². The molecule has 6 N–H and O–H groups in total. The Labute approximate surface area is 828 Å². The zero-order chi connectivity index (χ0) is 101. The first kappa shape index (κ1) is 116. The standard InChI is InChI=1S/C22H25BrN4O2.C12H14BrN3O3S.C12H15N3OS.C10H15N3OS.C10H14N2O.C9H12ClN3O.C7H15O4P.C6H4Cl2N2O.C3H9N/c1-14(2)27-21-18(15(3)20(23)22(27)28)13-24-19(25-21)12-16-4-6-17(7-5-16)26-8-10-29-11-9-26;1-6(2)16-10-8(7(3)9(13)11(16)17)5-14-12(15-10)20(4,18)19;1-7(2)15-10(16)5-8(3)9-6-13-12(17-4)14-11(9)15;1-6(2)12-9-8(7(3)14)5-11-10(13-9)15-4;11-9-1-3-10(4-2-9)12-5-7-13-8-6-12;1-5(2)12-8-7(6(3)14)4-11-9(10)13-8;1-4-10-7(8)6-12(3,9)11-5-2;1-3(11)4-2-9-6(8)10-5(4)7;1-3(2)4/h4-7,13-14H,8-12H2,1-3H3;5-6H,1-4H3;5-7H,1-4H3;5-6H,1-4H3,(H,11,12,13);1-4H,5-8,11H2;4-5H,1-3H3,(H,11,12,13);4-6H2,1-3H3;2H,1H3;3H,4H2,1-2H3. The molecule has 35 nitrogen and oxygen atoms in total. The van der Waals surface area contributed by atoms with E-state index in [1.807, 2.05) is 128 Å². The van der Waals surface area contributed by atoms with Crippen molar-refractivity contribution in [2.45, 2.75) is 197 Å². The highest BCUT2D eigenvalue weighted by molar-refractivity contribution is 9.10. The number of nitrogen functional groups attached to an aromatic ring is 1. The van der Waals surface area contributed by atoms with Crippen molar-refractivity contribution in [2.24, 2.45) is 5.73 Å². The Morgan fingerprint density at radius 1 is 0.556 bits per heavy atom. The Balaban J connectivity index is 0.000000277. The van der Waals surface area contributed by atoms with Crippen LogP contribution in [0.2, 0.25) is 15.7 Å². The maximum absolute atomic E-state index is 12.7. The van der Waals surface area contributed by atoms with Crippen LogP contribution < -0.4 is 48.6 Å². The van der Waals surface area contributed by atoms with Crippen molar-refractivity contribution in [2.75, 3.05) is 124 Å². The van der Waals surface area contributed by atoms with E-state index in [1.54, 1.807) is 48.4 Å². The largest absolute Gasteiger partial charge is 0.466 e. The molecule has 2 aliphatic rings. The van der Waals surface area contributed by atoms with E-state index in [9.17, 15) is 46.5 Å². The number of carbonyl (C=O) groups excluding carboxylic acids is 4. The van der Waals surface area contributed by atoms with Crippen molar-refractivity contribution in [3.05, 3.63) is 192 Å². The molecule has 0 radical (unpaired) electrons. The third-order valence-electron chi connectivity index (χ3n) is 18.8. The van der Waals surface area contributed by atoms with Gasteiger partial charge in [-0.1, -0.05) is 61.1 Å². The lowest BCUT2D eigenvalue weighted by atomic mass is 10.1. The molecule has 2 fully saturated rings. The molecular formula is C91H123Br2Cl3N21O14PS3. The predicted molar refractivity (Wildman–Crippen MR) is 550 cm³/mol. The van der Waals surface area contributed by atoms with Crippen LogP contribution in [-0.2, 0) is 44.4 Å². The topological polar surface area (TPSA) is 460 Å². The van der Waals surface area contributed by atoms with Gasteiger partial charge in [0.15, 0.2) is 27.7 Å². The first-order valence-electron chi connectivity index (χ1n) is 43.1. The molecular weight excluding hydrogens is 2000 g/mol. The van der Waals surface area contributed by atoms with E-state index >= 15 is 0 Å². The summed E-state index contributed by atoms with van der Waals surface area (Å²) in [5.41, 5.74) is 20.4. The number of nitrogens with one attached hydrogen (secondary N) is 2. The summed E-state index contributed by atoms with van der Waals surface area (Å²) in [6.07, 6.45) is 14.7. The van der Waals surface area contributed by atoms with Gasteiger partial charge in [0.05, 0.1) is 65.3 Å². The number of benzene rings is 2. The molecule has 2 aromatic carbocycles. The first-order valence-corrected chi connectivity index (χ1v) is 52.4. The number of Topliss-reactive ketones (excluding diaryl/α,β-unsaturated/α-hetero) is 3. The van der Waals surface area contributed by atoms with Crippen LogP contribution in [0, 0.1) is 20.8 Å². The molecule has 135 heavy (non-hydrogen) atoms. The number of morpholine rings is 2. The summed E-state index contributed by atoms with van der Waals surface area (Å²) in [5.74, 6) is 1.09. The Hall–Kier alpha value is -9.42. The average Bonchev–Trinajstić information content (AvgIpc) is 0.764. The zero-order valence-electron chi connectivity index (χ0n) is 80.6. The van der Waals surface area contributed by atoms with E-state index in [-0.39, 0.29) is 96.8 Å². The summed E-state index contributed by atoms with van der Waals surface area (Å²) in [7, 11) is -6.27. The van der Waals surface area contributed by atoms with Gasteiger partial charge in [-0.15, -0.1) is 0 Å². The Bertz CT molecular complexity index is 6220. The monoisotopic (exact) mass is 2120 g/mol. The fourth-order valence-electron chi connectivity index (χ4n) is 12.5. The van der Waals surface area contributed by atoms with Crippen LogP contribution in [0.1, 0.15) is 195 Å². The summed E-state index contributed by atoms with van der Waals surface area (Å²) in [6, 6.07) is 18.9. The molecule has 11 heterocycles. The van der Waals surface area contributed by atoms with E-state index in [2.05, 4.69) is 148 Å². The van der Waals surface area contributed by atoms with Crippen LogP contribution in [-0.4, -0.2) is 221 Å². The summed E-state index contributed by atoms with van der Waals surface area (Å²) >= 11 is 26.2. The van der Waals surface area contributed by atoms with Crippen molar-refractivity contribution in [3.63, 3.8) is 0 Å². The maximum atomic E-state index is 12.7. The molecule has 0 bridgehead atoms. The second kappa shape index (κ2) is 55.8. The van der Waals surface area contributed by atoms with Gasteiger partial charge in [-0.05, 0) is 257 Å². The number of aryl methyl sites for hydroxylation is 3. The lowest BCUT2D eigenvalue weighted by molar-refractivity contribution is -0.140. The molecule has 0 aliphatic carbocycles. The van der Waals surface area contributed by atoms with Gasteiger partial charge in [0, 0.05) is 152 Å². The Morgan fingerprint density at radius 3 is 1.39 bits per heavy atom. The highest BCUT2D eigenvalue weighted by atomic mass is 79.9. The van der Waals surface area contributed by atoms with Gasteiger partial charge < -0.3 is 50.6 Å². The lowest BCUT2D eigenvalue weighted by Crippen LogP contribution is -2.36. The third-order valence-corrected chi connectivity index (χ3v) is 25.0. The molecule has 0 amide bonds. The van der Waals surface area contributed by atoms with Gasteiger partial charge in [0.2, 0.25) is 32.9 Å². The number of ether oxygens (including phenoxy) is 3. The second-order valence-corrected chi connectivity index (χ2v) is 40.9. The number of anilines is 5. The number of hydrogen-bond donors (Lipinski definition) is 4. The summed E-state index contributed by atoms with van der Waals surface area (Å²) in [5, 5.41) is 10.0. The van der Waals surface area contributed by atoms with Gasteiger partial charge in [-0.2, -0.15) is 4.98 Å². The minimum Gasteiger partial charge on any atom is -0.466 e. The number of esters is 1. The number of nitrogens with zero attached hydrogens (tertiary/aromatic N) is 17. The molecule has 13 rings (SSSR count). The number of carbonyl (C=O) groups is 4. The van der Waals surface area contributed by atoms with Crippen LogP contribution >= 0.6 is 97.6 Å². The number of nitrogens with two attached hydrogens (primary N) is 2. The normalized spacial score (nSPS) is 12.7. The number of sulfone groups is 1. The fraction of sp³-hybridized carbons (Fsp3) is 0.462. The molecule has 44 heteroatoms. The number of aromatic nitrogens is 15. The summed E-state index contributed by atoms with van der Waals surface area (Å²) in [4.78, 5) is 135. The van der Waals surface area contributed by atoms with Crippen molar-refractivity contribution in [3.8, 4) is 0 Å². The van der Waals surface area contributed by atoms with Crippen LogP contribution in [0.4, 0.5) is 28.7 Å². The van der Waals surface area contributed by atoms with Gasteiger partial charge in [0.25, 0.3) is 16.7 Å². The highest BCUT2D eigenvalue weighted by Gasteiger charge is 2.25. The number of hydrogen-bond acceptors (Lipinski definition) is 34. The highest BCUT2D eigenvalue weighted by Crippen LogP contribution is 2.42. The van der Waals surface area contributed by atoms with E-state index in [0.717, 1.165) is 97.7 Å². The van der Waals surface area contributed by atoms with E-state index < -0.39 is 23.2 Å². The maximum Gasteiger partial charge on any atom is 0.315 e. The van der Waals surface area contributed by atoms with Crippen LogP contribution in [0.15, 0.2) is 131 Å². The molecule has 0 saturated carbocycles. The molecule has 1 atom stereocenters. The van der Waals surface area contributed by atoms with Crippen molar-refractivity contribution < 1.29 is 50.9 Å². The molecule has 11 aromatic rings. The molecule has 734 valence electrons. The van der Waals surface area contributed by atoms with Crippen molar-refractivity contribution in [1.29, 1.82) is 0 Å². The minimum atomic E-state index is -3.52. The zero-order valence-corrected chi connectivity index (χ0v) is 89.4. The average molecular weight is 2130 g/mol. The number of ketones is 3. The molecule has 0 spiro atoms. The Morgan fingerprint density at radius 2 is 0.963 bits per heavy atom. The summed E-state index contributed by atoms with van der Waals surface area (Å²) < 4.78 is 60.7. The third kappa shape index (κ3) is 36.5. The number of pyridine rings is 3. The number of halogens is 5. The van der Waals surface area contributed by atoms with Gasteiger partial charge in [-0.3, -0.25) is 51.8 Å². The van der Waals surface area contributed by atoms with Crippen molar-refractivity contribution in [1.82, 2.24) is 73.5 Å². The quantitative estimate of drug-likeness (QED) is 0.00931. The fourth-order valence-corrected chi connectivity index (χ4v) is 16.2. The van der Waals surface area contributed by atoms with Crippen LogP contribution in [0.3, 0.4) is 0 Å². The smallest absolute Gasteiger partial charge is 0.315 e. The lowest BCUT2D eigenvalue weighted by Gasteiger charge is -2.28.